The van der Waals surface area contributed by atoms with E-state index >= 15 is 0 Å². The zero-order valence-corrected chi connectivity index (χ0v) is 11.0. The molecule has 94 valence electrons. The van der Waals surface area contributed by atoms with E-state index in [1.165, 1.54) is 6.42 Å². The van der Waals surface area contributed by atoms with Gasteiger partial charge in [-0.1, -0.05) is 20.8 Å². The summed E-state index contributed by atoms with van der Waals surface area (Å²) in [6.45, 7) is 9.70. The van der Waals surface area contributed by atoms with Gasteiger partial charge < -0.3 is 14.8 Å². The van der Waals surface area contributed by atoms with E-state index in [1.807, 2.05) is 0 Å². The van der Waals surface area contributed by atoms with Crippen LogP contribution in [0.5, 0.6) is 0 Å². The molecule has 1 aliphatic heterocycles. The summed E-state index contributed by atoms with van der Waals surface area (Å²) in [5, 5.41) is 3.71. The number of hydrogen-bond donors (Lipinski definition) is 1. The Morgan fingerprint density at radius 3 is 2.94 bits per heavy atom. The first kappa shape index (κ1) is 12.3. The molecule has 3 nitrogen and oxygen atoms in total. The van der Waals surface area contributed by atoms with Gasteiger partial charge in [-0.25, -0.2) is 0 Å². The Kier molecular flexibility index (Phi) is 3.57. The largest absolute Gasteiger partial charge is 0.384 e. The molecule has 2 rings (SSSR count). The van der Waals surface area contributed by atoms with E-state index < -0.39 is 0 Å². The molecule has 3 heteroatoms. The summed E-state index contributed by atoms with van der Waals surface area (Å²) in [7, 11) is 1.77. The van der Waals surface area contributed by atoms with Crippen LogP contribution < -0.4 is 5.32 Å². The van der Waals surface area contributed by atoms with E-state index in [1.54, 1.807) is 7.11 Å². The number of ether oxygens (including phenoxy) is 2. The lowest BCUT2D eigenvalue weighted by atomic mass is 9.57. The van der Waals surface area contributed by atoms with Crippen LogP contribution in [-0.2, 0) is 9.47 Å². The van der Waals surface area contributed by atoms with Gasteiger partial charge >= 0.3 is 0 Å². The van der Waals surface area contributed by atoms with E-state index in [0.717, 1.165) is 25.7 Å². The molecule has 0 aromatic rings. The molecule has 0 amide bonds. The van der Waals surface area contributed by atoms with Crippen molar-refractivity contribution in [2.75, 3.05) is 26.9 Å². The van der Waals surface area contributed by atoms with Crippen LogP contribution in [0, 0.1) is 17.3 Å². The molecule has 0 spiro atoms. The van der Waals surface area contributed by atoms with Gasteiger partial charge in [0.25, 0.3) is 0 Å². The van der Waals surface area contributed by atoms with Gasteiger partial charge in [0.2, 0.25) is 0 Å². The van der Waals surface area contributed by atoms with E-state index in [-0.39, 0.29) is 0 Å². The monoisotopic (exact) mass is 227 g/mol. The SMILES string of the molecule is COCC(C)CNC1C2CCOC2C1(C)C. The van der Waals surface area contributed by atoms with Crippen LogP contribution in [0.2, 0.25) is 0 Å². The summed E-state index contributed by atoms with van der Waals surface area (Å²) in [4.78, 5) is 0. The summed E-state index contributed by atoms with van der Waals surface area (Å²) in [5.74, 6) is 1.33. The van der Waals surface area contributed by atoms with Crippen molar-refractivity contribution in [2.45, 2.75) is 39.3 Å². The zero-order chi connectivity index (χ0) is 11.8. The third-order valence-corrected chi connectivity index (χ3v) is 4.24. The summed E-state index contributed by atoms with van der Waals surface area (Å²) in [6.07, 6.45) is 1.72. The summed E-state index contributed by atoms with van der Waals surface area (Å²) >= 11 is 0. The van der Waals surface area contributed by atoms with Crippen LogP contribution in [0.4, 0.5) is 0 Å². The minimum absolute atomic E-state index is 0.300. The molecule has 1 heterocycles. The van der Waals surface area contributed by atoms with Crippen molar-refractivity contribution in [2.24, 2.45) is 17.3 Å². The molecular formula is C13H25NO2. The molecule has 0 aromatic carbocycles. The second-order valence-corrected chi connectivity index (χ2v) is 6.01. The van der Waals surface area contributed by atoms with Crippen LogP contribution in [0.15, 0.2) is 0 Å². The topological polar surface area (TPSA) is 30.5 Å². The third-order valence-electron chi connectivity index (χ3n) is 4.24. The summed E-state index contributed by atoms with van der Waals surface area (Å²) < 4.78 is 10.9. The Morgan fingerprint density at radius 1 is 1.50 bits per heavy atom. The van der Waals surface area contributed by atoms with Crippen molar-refractivity contribution < 1.29 is 9.47 Å². The van der Waals surface area contributed by atoms with Gasteiger partial charge in [-0.2, -0.15) is 0 Å². The minimum Gasteiger partial charge on any atom is -0.384 e. The molecule has 1 aliphatic carbocycles. The highest BCUT2D eigenvalue weighted by Crippen LogP contribution is 2.52. The average molecular weight is 227 g/mol. The lowest BCUT2D eigenvalue weighted by Gasteiger charge is -2.55. The van der Waals surface area contributed by atoms with Crippen LogP contribution in [-0.4, -0.2) is 39.0 Å². The molecule has 1 N–H and O–H groups in total. The Bertz CT molecular complexity index is 242. The highest BCUT2D eigenvalue weighted by atomic mass is 16.5. The van der Waals surface area contributed by atoms with Gasteiger partial charge in [0, 0.05) is 44.2 Å². The highest BCUT2D eigenvalue weighted by Gasteiger charge is 2.58. The fourth-order valence-electron chi connectivity index (χ4n) is 3.41. The number of rotatable bonds is 5. The molecular weight excluding hydrogens is 202 g/mol. The molecule has 0 bridgehead atoms. The van der Waals surface area contributed by atoms with Gasteiger partial charge in [0.05, 0.1) is 6.10 Å². The van der Waals surface area contributed by atoms with E-state index in [0.29, 0.717) is 23.5 Å². The molecule has 16 heavy (non-hydrogen) atoms. The van der Waals surface area contributed by atoms with E-state index in [4.69, 9.17) is 9.47 Å². The first-order valence-corrected chi connectivity index (χ1v) is 6.41. The Balaban J connectivity index is 1.81. The highest BCUT2D eigenvalue weighted by molar-refractivity contribution is 5.11. The molecule has 1 saturated heterocycles. The molecule has 0 radical (unpaired) electrons. The van der Waals surface area contributed by atoms with Crippen LogP contribution in [0.1, 0.15) is 27.2 Å². The van der Waals surface area contributed by atoms with Gasteiger partial charge in [0.1, 0.15) is 0 Å². The number of fused-ring (bicyclic) bond motifs is 1. The second-order valence-electron chi connectivity index (χ2n) is 6.01. The van der Waals surface area contributed by atoms with E-state index in [2.05, 4.69) is 26.1 Å². The third kappa shape index (κ3) is 2.01. The molecule has 4 atom stereocenters. The average Bonchev–Trinajstić information content (AvgIpc) is 2.64. The summed E-state index contributed by atoms with van der Waals surface area (Å²) in [5.41, 5.74) is 0.300. The zero-order valence-electron chi connectivity index (χ0n) is 11.0. The van der Waals surface area contributed by atoms with Gasteiger partial charge in [-0.05, 0) is 12.3 Å². The Labute approximate surface area is 98.9 Å². The second kappa shape index (κ2) is 4.63. The van der Waals surface area contributed by atoms with Gasteiger partial charge in [-0.15, -0.1) is 0 Å². The fraction of sp³-hybridized carbons (Fsp3) is 1.00. The van der Waals surface area contributed by atoms with Crippen LogP contribution in [0.25, 0.3) is 0 Å². The smallest absolute Gasteiger partial charge is 0.0685 e. The fourth-order valence-corrected chi connectivity index (χ4v) is 3.41. The predicted octanol–water partition coefficient (Wildman–Crippen LogP) is 1.67. The summed E-state index contributed by atoms with van der Waals surface area (Å²) in [6, 6.07) is 0.624. The molecule has 2 fully saturated rings. The number of hydrogen-bond acceptors (Lipinski definition) is 3. The Morgan fingerprint density at radius 2 is 2.25 bits per heavy atom. The predicted molar refractivity (Wildman–Crippen MR) is 64.5 cm³/mol. The number of nitrogens with one attached hydrogen (secondary N) is 1. The maximum Gasteiger partial charge on any atom is 0.0685 e. The van der Waals surface area contributed by atoms with Crippen molar-refractivity contribution in [1.29, 1.82) is 0 Å². The molecule has 4 unspecified atom stereocenters. The maximum absolute atomic E-state index is 5.79. The molecule has 0 aromatic heterocycles. The molecule has 2 aliphatic rings. The first-order chi connectivity index (χ1) is 7.57. The van der Waals surface area contributed by atoms with Crippen molar-refractivity contribution >= 4 is 0 Å². The quantitative estimate of drug-likeness (QED) is 0.775. The van der Waals surface area contributed by atoms with Crippen molar-refractivity contribution in [3.63, 3.8) is 0 Å². The van der Waals surface area contributed by atoms with Crippen molar-refractivity contribution in [1.82, 2.24) is 5.32 Å². The van der Waals surface area contributed by atoms with Crippen LogP contribution >= 0.6 is 0 Å². The maximum atomic E-state index is 5.79. The van der Waals surface area contributed by atoms with Crippen molar-refractivity contribution in [3.05, 3.63) is 0 Å². The lowest BCUT2D eigenvalue weighted by Crippen LogP contribution is -2.66. The van der Waals surface area contributed by atoms with Gasteiger partial charge in [0.15, 0.2) is 0 Å². The Hall–Kier alpha value is -0.120. The normalized spacial score (nSPS) is 37.9. The number of methoxy groups -OCH3 is 1. The standard InChI is InChI=1S/C13H25NO2/c1-9(8-15-4)7-14-11-10-5-6-16-12(10)13(11,2)3/h9-12,14H,5-8H2,1-4H3. The van der Waals surface area contributed by atoms with Crippen molar-refractivity contribution in [3.8, 4) is 0 Å². The molecule has 1 saturated carbocycles. The lowest BCUT2D eigenvalue weighted by molar-refractivity contribution is -0.113. The van der Waals surface area contributed by atoms with Crippen LogP contribution in [0.3, 0.4) is 0 Å². The van der Waals surface area contributed by atoms with Gasteiger partial charge in [-0.3, -0.25) is 0 Å². The first-order valence-electron chi connectivity index (χ1n) is 6.41. The minimum atomic E-state index is 0.300. The van der Waals surface area contributed by atoms with E-state index in [9.17, 15) is 0 Å².